The number of aliphatic hydroxyl groups excluding tert-OH is 1. The van der Waals surface area contributed by atoms with Gasteiger partial charge in [-0.3, -0.25) is 19.4 Å². The summed E-state index contributed by atoms with van der Waals surface area (Å²) in [6, 6.07) is 7.00. The molecule has 7 nitrogen and oxygen atoms in total. The third kappa shape index (κ3) is 8.94. The zero-order valence-electron chi connectivity index (χ0n) is 18.1. The topological polar surface area (TPSA) is 82.1 Å². The van der Waals surface area contributed by atoms with E-state index in [4.69, 9.17) is 4.74 Å². The van der Waals surface area contributed by atoms with Crippen molar-refractivity contribution in [3.63, 3.8) is 0 Å². The van der Waals surface area contributed by atoms with Gasteiger partial charge in [-0.1, -0.05) is 12.1 Å². The van der Waals surface area contributed by atoms with E-state index in [0.717, 1.165) is 32.6 Å². The van der Waals surface area contributed by atoms with Crippen LogP contribution < -0.4 is 10.1 Å². The Labute approximate surface area is 174 Å². The molecular formula is C22H35N3O4. The van der Waals surface area contributed by atoms with Crippen molar-refractivity contribution < 1.29 is 19.4 Å². The number of amides is 1. The molecule has 2 N–H and O–H groups in total. The van der Waals surface area contributed by atoms with Crippen molar-refractivity contribution in [2.45, 2.75) is 45.8 Å². The molecule has 1 unspecified atom stereocenters. The van der Waals surface area contributed by atoms with E-state index >= 15 is 0 Å². The van der Waals surface area contributed by atoms with Gasteiger partial charge in [-0.2, -0.15) is 0 Å². The Morgan fingerprint density at radius 2 is 1.86 bits per heavy atom. The van der Waals surface area contributed by atoms with Crippen LogP contribution in [-0.4, -0.2) is 84.1 Å². The highest BCUT2D eigenvalue weighted by Crippen LogP contribution is 2.14. The Balaban J connectivity index is 1.74. The number of aliphatic hydroxyl groups is 1. The van der Waals surface area contributed by atoms with Crippen molar-refractivity contribution in [2.75, 3.05) is 45.9 Å². The Bertz CT molecular complexity index is 687. The Morgan fingerprint density at radius 3 is 2.55 bits per heavy atom. The maximum absolute atomic E-state index is 12.1. The van der Waals surface area contributed by atoms with Crippen molar-refractivity contribution in [3.8, 4) is 5.75 Å². The molecule has 1 atom stereocenters. The van der Waals surface area contributed by atoms with Crippen LogP contribution in [0, 0.1) is 0 Å². The lowest BCUT2D eigenvalue weighted by Crippen LogP contribution is -2.46. The first-order valence-electron chi connectivity index (χ1n) is 10.3. The number of hydrogen-bond acceptors (Lipinski definition) is 6. The summed E-state index contributed by atoms with van der Waals surface area (Å²) in [6.07, 6.45) is 0.337. The number of rotatable bonds is 8. The van der Waals surface area contributed by atoms with Crippen molar-refractivity contribution in [2.24, 2.45) is 0 Å². The molecule has 0 saturated carbocycles. The normalized spacial score (nSPS) is 17.4. The van der Waals surface area contributed by atoms with Gasteiger partial charge in [0.1, 0.15) is 18.5 Å². The van der Waals surface area contributed by atoms with Gasteiger partial charge in [0.05, 0.1) is 6.54 Å². The van der Waals surface area contributed by atoms with Crippen LogP contribution in [-0.2, 0) is 4.79 Å². The lowest BCUT2D eigenvalue weighted by Gasteiger charge is -2.25. The van der Waals surface area contributed by atoms with E-state index in [1.807, 2.05) is 20.8 Å². The van der Waals surface area contributed by atoms with E-state index in [9.17, 15) is 14.7 Å². The summed E-state index contributed by atoms with van der Waals surface area (Å²) in [5, 5.41) is 13.4. The molecule has 7 heteroatoms. The highest BCUT2D eigenvalue weighted by atomic mass is 16.5. The third-order valence-corrected chi connectivity index (χ3v) is 4.71. The largest absolute Gasteiger partial charge is 0.491 e. The Kier molecular flexibility index (Phi) is 8.61. The predicted octanol–water partition coefficient (Wildman–Crippen LogP) is 1.55. The van der Waals surface area contributed by atoms with Gasteiger partial charge in [0, 0.05) is 30.7 Å². The van der Waals surface area contributed by atoms with Crippen LogP contribution in [0.1, 0.15) is 44.5 Å². The number of nitrogens with zero attached hydrogens (tertiary/aromatic N) is 2. The van der Waals surface area contributed by atoms with Crippen LogP contribution in [0.4, 0.5) is 0 Å². The van der Waals surface area contributed by atoms with E-state index in [-0.39, 0.29) is 23.8 Å². The summed E-state index contributed by atoms with van der Waals surface area (Å²) in [7, 11) is 0. The number of hydrogen-bond donors (Lipinski definition) is 2. The van der Waals surface area contributed by atoms with Gasteiger partial charge in [-0.05, 0) is 59.3 Å². The number of carbonyl (C=O) groups excluding carboxylic acids is 2. The van der Waals surface area contributed by atoms with Crippen LogP contribution in [0.2, 0.25) is 0 Å². The number of carbonyl (C=O) groups is 2. The van der Waals surface area contributed by atoms with Gasteiger partial charge in [0.25, 0.3) is 0 Å². The minimum Gasteiger partial charge on any atom is -0.491 e. The molecule has 2 rings (SSSR count). The van der Waals surface area contributed by atoms with E-state index in [1.54, 1.807) is 24.3 Å². The van der Waals surface area contributed by atoms with Crippen molar-refractivity contribution >= 4 is 11.7 Å². The quantitative estimate of drug-likeness (QED) is 0.639. The fourth-order valence-electron chi connectivity index (χ4n) is 3.37. The SMILES string of the molecule is CC(=O)c1cccc(OCC(O)CN2CCCN(CC(=O)NC(C)(C)C)CC2)c1. The molecule has 1 aromatic carbocycles. The molecule has 0 bridgehead atoms. The zero-order chi connectivity index (χ0) is 21.4. The van der Waals surface area contributed by atoms with Crippen molar-refractivity contribution in [1.82, 2.24) is 15.1 Å². The summed E-state index contributed by atoms with van der Waals surface area (Å²) in [5.74, 6) is 0.622. The van der Waals surface area contributed by atoms with E-state index < -0.39 is 6.10 Å². The van der Waals surface area contributed by atoms with E-state index in [0.29, 0.717) is 24.4 Å². The van der Waals surface area contributed by atoms with Crippen LogP contribution in [0.3, 0.4) is 0 Å². The van der Waals surface area contributed by atoms with Gasteiger partial charge >= 0.3 is 0 Å². The van der Waals surface area contributed by atoms with Crippen LogP contribution in [0.5, 0.6) is 5.75 Å². The minimum atomic E-state index is -0.619. The minimum absolute atomic E-state index is 0.0127. The molecule has 29 heavy (non-hydrogen) atoms. The van der Waals surface area contributed by atoms with E-state index in [1.165, 1.54) is 6.92 Å². The molecule has 1 aliphatic rings. The molecule has 0 radical (unpaired) electrons. The smallest absolute Gasteiger partial charge is 0.234 e. The average molecular weight is 406 g/mol. The fraction of sp³-hybridized carbons (Fsp3) is 0.636. The zero-order valence-corrected chi connectivity index (χ0v) is 18.1. The van der Waals surface area contributed by atoms with Crippen LogP contribution in [0.15, 0.2) is 24.3 Å². The second-order valence-electron chi connectivity index (χ2n) is 8.78. The molecular weight excluding hydrogens is 370 g/mol. The van der Waals surface area contributed by atoms with Gasteiger partial charge in [0.15, 0.2) is 5.78 Å². The summed E-state index contributed by atoms with van der Waals surface area (Å²) < 4.78 is 5.66. The highest BCUT2D eigenvalue weighted by molar-refractivity contribution is 5.94. The Hall–Kier alpha value is -1.96. The van der Waals surface area contributed by atoms with Crippen molar-refractivity contribution in [1.29, 1.82) is 0 Å². The van der Waals surface area contributed by atoms with E-state index in [2.05, 4.69) is 15.1 Å². The monoisotopic (exact) mass is 405 g/mol. The first-order valence-corrected chi connectivity index (χ1v) is 10.3. The highest BCUT2D eigenvalue weighted by Gasteiger charge is 2.21. The summed E-state index contributed by atoms with van der Waals surface area (Å²) in [5.41, 5.74) is 0.378. The molecule has 162 valence electrons. The molecule has 1 aromatic rings. The van der Waals surface area contributed by atoms with Gasteiger partial charge in [-0.15, -0.1) is 0 Å². The lowest BCUT2D eigenvalue weighted by atomic mass is 10.1. The standard InChI is InChI=1S/C22H35N3O4/c1-17(26)18-7-5-8-20(13-18)29-16-19(27)14-24-9-6-10-25(12-11-24)15-21(28)23-22(2,3)4/h5,7-8,13,19,27H,6,9-12,14-16H2,1-4H3,(H,23,28). The molecule has 0 aliphatic carbocycles. The number of ketones is 1. The van der Waals surface area contributed by atoms with Crippen LogP contribution >= 0.6 is 0 Å². The summed E-state index contributed by atoms with van der Waals surface area (Å²) >= 11 is 0. The van der Waals surface area contributed by atoms with Gasteiger partial charge < -0.3 is 15.2 Å². The second kappa shape index (κ2) is 10.7. The first-order chi connectivity index (χ1) is 13.6. The second-order valence-corrected chi connectivity index (χ2v) is 8.78. The Morgan fingerprint density at radius 1 is 1.17 bits per heavy atom. The number of ether oxygens (including phenoxy) is 1. The lowest BCUT2D eigenvalue weighted by molar-refractivity contribution is -0.123. The number of Topliss-reactive ketones (excluding diaryl/α,β-unsaturated/α-hetero) is 1. The molecule has 0 spiro atoms. The molecule has 1 saturated heterocycles. The fourth-order valence-corrected chi connectivity index (χ4v) is 3.37. The molecule has 1 heterocycles. The molecule has 0 aromatic heterocycles. The number of nitrogens with one attached hydrogen (secondary N) is 1. The first kappa shape index (κ1) is 23.3. The molecule has 1 amide bonds. The van der Waals surface area contributed by atoms with Gasteiger partial charge in [0.2, 0.25) is 5.91 Å². The molecule has 1 aliphatic heterocycles. The maximum Gasteiger partial charge on any atom is 0.234 e. The number of β-amino-alcohol motifs (C(OH)–C–C–N with tert-alkyl or cyclic N) is 1. The summed E-state index contributed by atoms with van der Waals surface area (Å²) in [4.78, 5) is 28.0. The third-order valence-electron chi connectivity index (χ3n) is 4.71. The molecule has 1 fully saturated rings. The van der Waals surface area contributed by atoms with Gasteiger partial charge in [-0.25, -0.2) is 0 Å². The number of benzene rings is 1. The average Bonchev–Trinajstić information content (AvgIpc) is 2.83. The maximum atomic E-state index is 12.1. The van der Waals surface area contributed by atoms with Crippen molar-refractivity contribution in [3.05, 3.63) is 29.8 Å². The van der Waals surface area contributed by atoms with Crippen LogP contribution in [0.25, 0.3) is 0 Å². The summed E-state index contributed by atoms with van der Waals surface area (Å²) in [6.45, 7) is 11.9. The predicted molar refractivity (Wildman–Crippen MR) is 113 cm³/mol.